The molecule has 0 bridgehead atoms. The molecule has 114 valence electrons. The second-order valence-electron chi connectivity index (χ2n) is 6.60. The second-order valence-corrected chi connectivity index (χ2v) is 6.60. The maximum Gasteiger partial charge on any atom is 0.169 e. The maximum atomic E-state index is 5.81. The molecule has 0 unspecified atom stereocenters. The summed E-state index contributed by atoms with van der Waals surface area (Å²) in [5.41, 5.74) is 0.0878. The molecule has 5 nitrogen and oxygen atoms in total. The molecular formula is C15H26N2O3. The molecule has 0 aromatic heterocycles. The number of hydrogen-bond donors (Lipinski definition) is 0. The van der Waals surface area contributed by atoms with Gasteiger partial charge in [0, 0.05) is 38.1 Å². The van der Waals surface area contributed by atoms with E-state index >= 15 is 0 Å². The van der Waals surface area contributed by atoms with E-state index in [1.54, 1.807) is 7.11 Å². The molecule has 0 aromatic carbocycles. The van der Waals surface area contributed by atoms with Crippen LogP contribution in [0.15, 0.2) is 5.10 Å². The molecule has 2 aliphatic heterocycles. The Morgan fingerprint density at radius 2 is 2.15 bits per heavy atom. The Hall–Kier alpha value is -0.650. The lowest BCUT2D eigenvalue weighted by Gasteiger charge is -2.26. The standard InChI is InChI=1S/C15H26N2O3/c1-14(5-6-15(11-14)19-8-9-20-15)12-16-17-7-3-4-13(17)10-18-2/h12-13H,3-11H2,1-2H3/b16-12+/t13-,14+/m0/s1. The summed E-state index contributed by atoms with van der Waals surface area (Å²) in [6.45, 7) is 5.53. The zero-order chi connectivity index (χ0) is 14.1. The van der Waals surface area contributed by atoms with Crippen molar-refractivity contribution < 1.29 is 14.2 Å². The molecule has 3 rings (SSSR count). The molecule has 0 aromatic rings. The molecule has 2 atom stereocenters. The topological polar surface area (TPSA) is 43.3 Å². The number of methoxy groups -OCH3 is 1. The fourth-order valence-corrected chi connectivity index (χ4v) is 3.67. The molecule has 0 amide bonds. The van der Waals surface area contributed by atoms with Gasteiger partial charge in [0.25, 0.3) is 0 Å². The van der Waals surface area contributed by atoms with Gasteiger partial charge in [0.2, 0.25) is 0 Å². The van der Waals surface area contributed by atoms with Gasteiger partial charge in [-0.1, -0.05) is 6.92 Å². The zero-order valence-electron chi connectivity index (χ0n) is 12.6. The summed E-state index contributed by atoms with van der Waals surface area (Å²) in [7, 11) is 1.76. The Labute approximate surface area is 121 Å². The lowest BCUT2D eigenvalue weighted by Crippen LogP contribution is -2.31. The van der Waals surface area contributed by atoms with E-state index in [4.69, 9.17) is 19.3 Å². The summed E-state index contributed by atoms with van der Waals surface area (Å²) in [5.74, 6) is -0.322. The van der Waals surface area contributed by atoms with Crippen molar-refractivity contribution in [3.63, 3.8) is 0 Å². The van der Waals surface area contributed by atoms with Crippen LogP contribution in [0.4, 0.5) is 0 Å². The Bertz CT molecular complexity index is 368. The highest BCUT2D eigenvalue weighted by molar-refractivity contribution is 5.65. The van der Waals surface area contributed by atoms with Crippen molar-refractivity contribution in [2.45, 2.75) is 50.9 Å². The van der Waals surface area contributed by atoms with Crippen LogP contribution in [0.3, 0.4) is 0 Å². The predicted octanol–water partition coefficient (Wildman–Crippen LogP) is 2.02. The zero-order valence-corrected chi connectivity index (χ0v) is 12.6. The SMILES string of the molecule is COC[C@@H]1CCCN1/N=C/[C@]1(C)CCC2(C1)OCCO2. The largest absolute Gasteiger partial charge is 0.382 e. The molecule has 0 N–H and O–H groups in total. The number of rotatable bonds is 4. The van der Waals surface area contributed by atoms with Gasteiger partial charge in [0.1, 0.15) is 0 Å². The number of nitrogens with zero attached hydrogens (tertiary/aromatic N) is 2. The van der Waals surface area contributed by atoms with Crippen molar-refractivity contribution in [3.05, 3.63) is 0 Å². The van der Waals surface area contributed by atoms with Gasteiger partial charge in [0.15, 0.2) is 5.79 Å². The number of hydrazone groups is 1. The van der Waals surface area contributed by atoms with Gasteiger partial charge in [-0.25, -0.2) is 0 Å². The van der Waals surface area contributed by atoms with Crippen LogP contribution >= 0.6 is 0 Å². The molecule has 1 saturated carbocycles. The van der Waals surface area contributed by atoms with Crippen LogP contribution in [0, 0.1) is 5.41 Å². The first kappa shape index (κ1) is 14.3. The van der Waals surface area contributed by atoms with Gasteiger partial charge in [-0.05, 0) is 19.3 Å². The van der Waals surface area contributed by atoms with Gasteiger partial charge in [-0.15, -0.1) is 0 Å². The van der Waals surface area contributed by atoms with E-state index in [0.717, 1.165) is 45.6 Å². The molecule has 3 fully saturated rings. The van der Waals surface area contributed by atoms with Crippen LogP contribution in [-0.2, 0) is 14.2 Å². The van der Waals surface area contributed by atoms with Crippen molar-refractivity contribution >= 4 is 6.21 Å². The molecular weight excluding hydrogens is 256 g/mol. The highest BCUT2D eigenvalue weighted by Gasteiger charge is 2.49. The molecule has 2 heterocycles. The summed E-state index contributed by atoms with van der Waals surface area (Å²) in [4.78, 5) is 0. The first-order valence-electron chi connectivity index (χ1n) is 7.73. The minimum Gasteiger partial charge on any atom is -0.382 e. The van der Waals surface area contributed by atoms with Crippen molar-refractivity contribution in [2.75, 3.05) is 33.5 Å². The molecule has 20 heavy (non-hydrogen) atoms. The van der Waals surface area contributed by atoms with E-state index in [2.05, 4.69) is 18.1 Å². The number of hydrogen-bond acceptors (Lipinski definition) is 5. The Morgan fingerprint density at radius 1 is 1.35 bits per heavy atom. The third kappa shape index (κ3) is 2.85. The van der Waals surface area contributed by atoms with Gasteiger partial charge < -0.3 is 14.2 Å². The third-order valence-corrected chi connectivity index (χ3v) is 4.79. The Kier molecular flexibility index (Phi) is 4.02. The predicted molar refractivity (Wildman–Crippen MR) is 76.7 cm³/mol. The van der Waals surface area contributed by atoms with Crippen molar-refractivity contribution in [1.29, 1.82) is 0 Å². The van der Waals surface area contributed by atoms with Crippen LogP contribution < -0.4 is 0 Å². The van der Waals surface area contributed by atoms with Crippen molar-refractivity contribution in [3.8, 4) is 0 Å². The van der Waals surface area contributed by atoms with E-state index in [9.17, 15) is 0 Å². The van der Waals surface area contributed by atoms with E-state index in [1.807, 2.05) is 0 Å². The molecule has 5 heteroatoms. The van der Waals surface area contributed by atoms with Gasteiger partial charge >= 0.3 is 0 Å². The lowest BCUT2D eigenvalue weighted by atomic mass is 9.90. The minimum absolute atomic E-state index is 0.0878. The minimum atomic E-state index is -0.322. The summed E-state index contributed by atoms with van der Waals surface area (Å²) < 4.78 is 16.9. The van der Waals surface area contributed by atoms with Crippen molar-refractivity contribution in [2.24, 2.45) is 10.5 Å². The summed E-state index contributed by atoms with van der Waals surface area (Å²) in [6, 6.07) is 0.439. The van der Waals surface area contributed by atoms with E-state index in [1.165, 1.54) is 12.8 Å². The molecule has 2 saturated heterocycles. The molecule has 3 aliphatic rings. The van der Waals surface area contributed by atoms with Crippen LogP contribution in [0.1, 0.15) is 39.0 Å². The first-order valence-corrected chi connectivity index (χ1v) is 7.73. The molecule has 0 radical (unpaired) electrons. The van der Waals surface area contributed by atoms with Crippen LogP contribution in [-0.4, -0.2) is 56.5 Å². The summed E-state index contributed by atoms with van der Waals surface area (Å²) in [5, 5.41) is 6.94. The van der Waals surface area contributed by atoms with E-state index < -0.39 is 0 Å². The lowest BCUT2D eigenvalue weighted by molar-refractivity contribution is -0.153. The molecule has 1 aliphatic carbocycles. The van der Waals surface area contributed by atoms with Gasteiger partial charge in [0.05, 0.1) is 25.9 Å². The third-order valence-electron chi connectivity index (χ3n) is 4.79. The quantitative estimate of drug-likeness (QED) is 0.740. The highest BCUT2D eigenvalue weighted by atomic mass is 16.7. The number of ether oxygens (including phenoxy) is 3. The summed E-state index contributed by atoms with van der Waals surface area (Å²) >= 11 is 0. The fourth-order valence-electron chi connectivity index (χ4n) is 3.67. The highest BCUT2D eigenvalue weighted by Crippen LogP contribution is 2.47. The summed E-state index contributed by atoms with van der Waals surface area (Å²) in [6.07, 6.45) is 7.50. The van der Waals surface area contributed by atoms with Gasteiger partial charge in [-0.3, -0.25) is 5.01 Å². The second kappa shape index (κ2) is 5.62. The fraction of sp³-hybridized carbons (Fsp3) is 0.933. The van der Waals surface area contributed by atoms with E-state index in [0.29, 0.717) is 6.04 Å². The average Bonchev–Trinajstić information content (AvgIpc) is 3.12. The Morgan fingerprint density at radius 3 is 2.90 bits per heavy atom. The first-order chi connectivity index (χ1) is 9.65. The molecule has 1 spiro atoms. The Balaban J connectivity index is 1.60. The maximum absolute atomic E-state index is 5.81. The van der Waals surface area contributed by atoms with Gasteiger partial charge in [-0.2, -0.15) is 5.10 Å². The van der Waals surface area contributed by atoms with Crippen LogP contribution in [0.2, 0.25) is 0 Å². The van der Waals surface area contributed by atoms with E-state index in [-0.39, 0.29) is 11.2 Å². The van der Waals surface area contributed by atoms with Crippen LogP contribution in [0.25, 0.3) is 0 Å². The van der Waals surface area contributed by atoms with Crippen LogP contribution in [0.5, 0.6) is 0 Å². The normalized spacial score (nSPS) is 36.7. The monoisotopic (exact) mass is 282 g/mol. The van der Waals surface area contributed by atoms with Crippen molar-refractivity contribution in [1.82, 2.24) is 5.01 Å². The average molecular weight is 282 g/mol. The smallest absolute Gasteiger partial charge is 0.169 e.